The highest BCUT2D eigenvalue weighted by Gasteiger charge is 2.34. The lowest BCUT2D eigenvalue weighted by Gasteiger charge is -2.11. The summed E-state index contributed by atoms with van der Waals surface area (Å²) < 4.78 is 29.0. The molecule has 1 aromatic carbocycles. The molecule has 0 atom stereocenters. The van der Waals surface area contributed by atoms with Gasteiger partial charge in [0.2, 0.25) is 0 Å². The molecule has 1 saturated heterocycles. The number of nitrogens with zero attached hydrogens (tertiary/aromatic N) is 2. The Kier molecular flexibility index (Phi) is 5.12. The third kappa shape index (κ3) is 3.86. The molecule has 1 aliphatic heterocycles. The molecule has 8 heteroatoms. The summed E-state index contributed by atoms with van der Waals surface area (Å²) in [6.07, 6.45) is 1.77. The second-order valence-electron chi connectivity index (χ2n) is 5.34. The van der Waals surface area contributed by atoms with Crippen molar-refractivity contribution in [3.05, 3.63) is 57.1 Å². The maximum Gasteiger partial charge on any atom is 0.284 e. The van der Waals surface area contributed by atoms with E-state index >= 15 is 0 Å². The molecule has 130 valence electrons. The van der Waals surface area contributed by atoms with E-state index in [9.17, 15) is 13.2 Å². The average molecular weight is 393 g/mol. The van der Waals surface area contributed by atoms with Crippen molar-refractivity contribution in [2.75, 3.05) is 6.54 Å². The van der Waals surface area contributed by atoms with Crippen molar-refractivity contribution in [3.8, 4) is 0 Å². The monoisotopic (exact) mass is 392 g/mol. The number of thioether (sulfide) groups is 1. The van der Waals surface area contributed by atoms with Crippen LogP contribution in [-0.4, -0.2) is 30.9 Å². The molecule has 3 rings (SSSR count). The van der Waals surface area contributed by atoms with E-state index in [4.69, 9.17) is 0 Å². The summed E-state index contributed by atoms with van der Waals surface area (Å²) in [5.74, 6) is -0.223. The van der Waals surface area contributed by atoms with Crippen molar-refractivity contribution in [2.24, 2.45) is 4.40 Å². The van der Waals surface area contributed by atoms with Crippen molar-refractivity contribution in [1.29, 1.82) is 0 Å². The smallest absolute Gasteiger partial charge is 0.284 e. The first-order chi connectivity index (χ1) is 11.9. The van der Waals surface area contributed by atoms with Crippen LogP contribution in [0.15, 0.2) is 56.0 Å². The number of amidine groups is 1. The molecule has 1 aliphatic rings. The van der Waals surface area contributed by atoms with Crippen molar-refractivity contribution in [1.82, 2.24) is 4.90 Å². The largest absolute Gasteiger partial charge is 0.286 e. The molecule has 2 heterocycles. The number of aryl methyl sites for hydroxylation is 1. The highest BCUT2D eigenvalue weighted by molar-refractivity contribution is 8.19. The summed E-state index contributed by atoms with van der Waals surface area (Å²) in [5.41, 5.74) is 0.966. The van der Waals surface area contributed by atoms with E-state index in [1.807, 2.05) is 24.4 Å². The Bertz CT molecular complexity index is 944. The zero-order valence-electron chi connectivity index (χ0n) is 13.7. The standard InChI is InChI=1S/C17H16N2O3S3/c1-3-19-16(20)15(11-13-5-4-10-23-13)24-17(19)18-25(21,22)14-8-6-12(2)7-9-14/h4-11H,3H2,1-2H3/b15-11+,18-17-. The van der Waals surface area contributed by atoms with E-state index in [1.165, 1.54) is 28.4 Å². The first kappa shape index (κ1) is 17.9. The first-order valence-corrected chi connectivity index (χ1v) is 10.7. The summed E-state index contributed by atoms with van der Waals surface area (Å²) in [4.78, 5) is 15.4. The van der Waals surface area contributed by atoms with Gasteiger partial charge in [0.25, 0.3) is 15.9 Å². The van der Waals surface area contributed by atoms with Crippen LogP contribution in [0.2, 0.25) is 0 Å². The quantitative estimate of drug-likeness (QED) is 0.744. The maximum absolute atomic E-state index is 12.5. The Labute approximate surface area is 155 Å². The zero-order chi connectivity index (χ0) is 18.0. The predicted molar refractivity (Wildman–Crippen MR) is 103 cm³/mol. The van der Waals surface area contributed by atoms with Crippen LogP contribution in [0.4, 0.5) is 0 Å². The lowest BCUT2D eigenvalue weighted by molar-refractivity contribution is -0.122. The van der Waals surface area contributed by atoms with E-state index in [-0.39, 0.29) is 16.0 Å². The molecule has 0 N–H and O–H groups in total. The Morgan fingerprint density at radius 3 is 2.52 bits per heavy atom. The molecule has 1 amide bonds. The number of rotatable bonds is 4. The Balaban J connectivity index is 1.96. The SMILES string of the molecule is CCN1C(=O)/C(=C\c2cccs2)S/C1=N\S(=O)(=O)c1ccc(C)cc1. The number of likely N-dealkylation sites (N-methyl/N-ethyl adjacent to an activating group) is 1. The molecule has 0 radical (unpaired) electrons. The van der Waals surface area contributed by atoms with Crippen LogP contribution in [0.5, 0.6) is 0 Å². The molecular weight excluding hydrogens is 376 g/mol. The van der Waals surface area contributed by atoms with Crippen molar-refractivity contribution < 1.29 is 13.2 Å². The summed E-state index contributed by atoms with van der Waals surface area (Å²) in [7, 11) is -3.86. The minimum absolute atomic E-state index is 0.116. The zero-order valence-corrected chi connectivity index (χ0v) is 16.1. The first-order valence-electron chi connectivity index (χ1n) is 7.57. The molecule has 1 fully saturated rings. The minimum Gasteiger partial charge on any atom is -0.286 e. The van der Waals surface area contributed by atoms with Gasteiger partial charge in [-0.15, -0.1) is 15.7 Å². The number of thiophene rings is 1. The molecule has 0 unspecified atom stereocenters. The number of carbonyl (C=O) groups is 1. The van der Waals surface area contributed by atoms with Gasteiger partial charge in [-0.05, 0) is 55.3 Å². The second-order valence-corrected chi connectivity index (χ2v) is 8.93. The van der Waals surface area contributed by atoms with Gasteiger partial charge in [-0.3, -0.25) is 9.69 Å². The minimum atomic E-state index is -3.86. The van der Waals surface area contributed by atoms with Crippen LogP contribution in [-0.2, 0) is 14.8 Å². The fourth-order valence-electron chi connectivity index (χ4n) is 2.22. The van der Waals surface area contributed by atoms with Crippen molar-refractivity contribution in [3.63, 3.8) is 0 Å². The molecule has 0 saturated carbocycles. The van der Waals surface area contributed by atoms with E-state index in [0.29, 0.717) is 11.4 Å². The van der Waals surface area contributed by atoms with Gasteiger partial charge in [0, 0.05) is 11.4 Å². The third-order valence-corrected chi connectivity index (χ3v) is 6.76. The summed E-state index contributed by atoms with van der Waals surface area (Å²) in [6.45, 7) is 4.03. The van der Waals surface area contributed by atoms with Gasteiger partial charge in [0.05, 0.1) is 9.80 Å². The Morgan fingerprint density at radius 2 is 1.92 bits per heavy atom. The Hall–Kier alpha value is -1.90. The van der Waals surface area contributed by atoms with Gasteiger partial charge in [-0.25, -0.2) is 0 Å². The molecule has 0 spiro atoms. The van der Waals surface area contributed by atoms with Crippen LogP contribution in [0.25, 0.3) is 6.08 Å². The molecule has 0 bridgehead atoms. The van der Waals surface area contributed by atoms with Gasteiger partial charge in [-0.2, -0.15) is 8.42 Å². The van der Waals surface area contributed by atoms with Crippen LogP contribution >= 0.6 is 23.1 Å². The highest BCUT2D eigenvalue weighted by Crippen LogP contribution is 2.34. The van der Waals surface area contributed by atoms with Crippen molar-refractivity contribution in [2.45, 2.75) is 18.7 Å². The number of hydrogen-bond acceptors (Lipinski definition) is 5. The number of sulfonamides is 1. The maximum atomic E-state index is 12.5. The number of hydrogen-bond donors (Lipinski definition) is 0. The fraction of sp³-hybridized carbons (Fsp3) is 0.176. The normalized spacial score (nSPS) is 18.5. The topological polar surface area (TPSA) is 66.8 Å². The predicted octanol–water partition coefficient (Wildman–Crippen LogP) is 3.74. The van der Waals surface area contributed by atoms with Gasteiger partial charge in [0.1, 0.15) is 0 Å². The number of amides is 1. The molecular formula is C17H16N2O3S3. The van der Waals surface area contributed by atoms with Crippen LogP contribution in [0, 0.1) is 6.92 Å². The van der Waals surface area contributed by atoms with Crippen LogP contribution in [0.1, 0.15) is 17.4 Å². The van der Waals surface area contributed by atoms with Gasteiger partial charge >= 0.3 is 0 Å². The fourth-order valence-corrected chi connectivity index (χ4v) is 5.19. The van der Waals surface area contributed by atoms with E-state index in [2.05, 4.69) is 4.40 Å². The number of benzene rings is 1. The van der Waals surface area contributed by atoms with Crippen LogP contribution < -0.4 is 0 Å². The van der Waals surface area contributed by atoms with E-state index < -0.39 is 10.0 Å². The van der Waals surface area contributed by atoms with E-state index in [1.54, 1.807) is 25.1 Å². The summed E-state index contributed by atoms with van der Waals surface area (Å²) >= 11 is 2.60. The molecule has 2 aromatic rings. The third-order valence-electron chi connectivity index (χ3n) is 3.54. The van der Waals surface area contributed by atoms with Crippen LogP contribution in [0.3, 0.4) is 0 Å². The number of carbonyl (C=O) groups excluding carboxylic acids is 1. The van der Waals surface area contributed by atoms with Gasteiger partial charge in [0.15, 0.2) is 5.17 Å². The average Bonchev–Trinajstić information content (AvgIpc) is 3.17. The lowest BCUT2D eigenvalue weighted by Crippen LogP contribution is -2.29. The van der Waals surface area contributed by atoms with Crippen molar-refractivity contribution >= 4 is 50.3 Å². The van der Waals surface area contributed by atoms with E-state index in [0.717, 1.165) is 22.2 Å². The van der Waals surface area contributed by atoms with Gasteiger partial charge < -0.3 is 0 Å². The highest BCUT2D eigenvalue weighted by atomic mass is 32.2. The summed E-state index contributed by atoms with van der Waals surface area (Å²) in [6, 6.07) is 10.3. The molecule has 1 aromatic heterocycles. The summed E-state index contributed by atoms with van der Waals surface area (Å²) in [5, 5.41) is 2.11. The molecule has 25 heavy (non-hydrogen) atoms. The second kappa shape index (κ2) is 7.15. The molecule has 0 aliphatic carbocycles. The lowest BCUT2D eigenvalue weighted by atomic mass is 10.2. The Morgan fingerprint density at radius 1 is 1.20 bits per heavy atom. The van der Waals surface area contributed by atoms with Gasteiger partial charge in [-0.1, -0.05) is 23.8 Å². The molecule has 5 nitrogen and oxygen atoms in total.